The Balaban J connectivity index is 1.80. The van der Waals surface area contributed by atoms with Gasteiger partial charge in [-0.2, -0.15) is 0 Å². The van der Waals surface area contributed by atoms with Crippen LogP contribution in [-0.2, 0) is 26.3 Å². The maximum atomic E-state index is 4.97. The van der Waals surface area contributed by atoms with Crippen molar-refractivity contribution in [3.63, 3.8) is 0 Å². The van der Waals surface area contributed by atoms with Crippen molar-refractivity contribution in [2.24, 2.45) is 23.3 Å². The third-order valence-electron chi connectivity index (χ3n) is 9.31. The number of nitrogens with zero attached hydrogens (tertiary/aromatic N) is 3. The van der Waals surface area contributed by atoms with Crippen molar-refractivity contribution in [2.45, 2.75) is 88.5 Å². The van der Waals surface area contributed by atoms with E-state index in [1.165, 1.54) is 76.6 Å². The first-order valence-electron chi connectivity index (χ1n) is 16.3. The first kappa shape index (κ1) is 29.0. The molecule has 44 heavy (non-hydrogen) atoms. The van der Waals surface area contributed by atoms with Gasteiger partial charge in [-0.05, 0) is 98.6 Å². The molecule has 0 bridgehead atoms. The Morgan fingerprint density at radius 3 is 2.05 bits per heavy atom. The highest BCUT2D eigenvalue weighted by Gasteiger charge is 2.29. The summed E-state index contributed by atoms with van der Waals surface area (Å²) in [5.74, 6) is 0. The van der Waals surface area contributed by atoms with Crippen LogP contribution in [0.5, 0.6) is 0 Å². The first-order valence-corrected chi connectivity index (χ1v) is 16.3. The lowest BCUT2D eigenvalue weighted by atomic mass is 9.82. The van der Waals surface area contributed by atoms with Crippen molar-refractivity contribution in [3.8, 4) is 0 Å². The smallest absolute Gasteiger partial charge is 0.287 e. The predicted octanol–water partition coefficient (Wildman–Crippen LogP) is 10.4. The van der Waals surface area contributed by atoms with E-state index in [9.17, 15) is 0 Å². The van der Waals surface area contributed by atoms with Gasteiger partial charge in [0, 0.05) is 10.8 Å². The zero-order valence-corrected chi connectivity index (χ0v) is 28.7. The van der Waals surface area contributed by atoms with Crippen LogP contribution in [0.1, 0.15) is 84.6 Å². The molecule has 0 aliphatic carbocycles. The van der Waals surface area contributed by atoms with Gasteiger partial charge in [-0.3, -0.25) is 0 Å². The topological polar surface area (TPSA) is 21.2 Å². The minimum absolute atomic E-state index is 0.117. The molecule has 0 unspecified atom stereocenters. The van der Waals surface area contributed by atoms with E-state index in [1.807, 2.05) is 6.33 Å². The van der Waals surface area contributed by atoms with Gasteiger partial charge in [0.25, 0.3) is 6.33 Å². The number of aryl methyl sites for hydroxylation is 2. The molecule has 0 saturated carbocycles. The quantitative estimate of drug-likeness (QED) is 0.115. The zero-order valence-electron chi connectivity index (χ0n) is 28.7. The molecule has 0 spiro atoms. The molecule has 4 aromatic carbocycles. The SMILES string of the molecule is Cc1c2cc(CC(C)(C)C)ccc2c(CC(C)(C)C)c2c1c1c3c(ccc4c5c(CC(C)(C)C)cccc5n2c43)nc[n+]1C. The third-order valence-corrected chi connectivity index (χ3v) is 9.31. The van der Waals surface area contributed by atoms with Gasteiger partial charge in [0.2, 0.25) is 0 Å². The highest BCUT2D eigenvalue weighted by molar-refractivity contribution is 6.28. The molecule has 0 fully saturated rings. The Bertz CT molecular complexity index is 2260. The van der Waals surface area contributed by atoms with Gasteiger partial charge in [0.05, 0.1) is 34.4 Å². The fourth-order valence-electron chi connectivity index (χ4n) is 7.92. The lowest BCUT2D eigenvalue weighted by Gasteiger charge is -2.25. The van der Waals surface area contributed by atoms with Crippen LogP contribution in [0.2, 0.25) is 0 Å². The van der Waals surface area contributed by atoms with Crippen molar-refractivity contribution in [3.05, 3.63) is 77.1 Å². The summed E-state index contributed by atoms with van der Waals surface area (Å²) in [6.07, 6.45) is 5.10. The molecule has 0 radical (unpaired) electrons. The summed E-state index contributed by atoms with van der Waals surface area (Å²) in [6, 6.07) is 18.9. The van der Waals surface area contributed by atoms with Crippen LogP contribution < -0.4 is 4.57 Å². The maximum Gasteiger partial charge on any atom is 0.287 e. The highest BCUT2D eigenvalue weighted by Crippen LogP contribution is 2.46. The van der Waals surface area contributed by atoms with E-state index in [2.05, 4.69) is 134 Å². The molecule has 0 N–H and O–H groups in total. The molecular formula is C41H48N3+. The Morgan fingerprint density at radius 2 is 1.36 bits per heavy atom. The molecule has 226 valence electrons. The Kier molecular flexibility index (Phi) is 6.19. The van der Waals surface area contributed by atoms with Crippen molar-refractivity contribution >= 4 is 59.9 Å². The van der Waals surface area contributed by atoms with Gasteiger partial charge >= 0.3 is 0 Å². The van der Waals surface area contributed by atoms with Crippen LogP contribution in [0, 0.1) is 23.2 Å². The minimum atomic E-state index is 0.117. The molecule has 7 rings (SSSR count). The largest absolute Gasteiger partial charge is 0.307 e. The third kappa shape index (κ3) is 4.54. The van der Waals surface area contributed by atoms with E-state index in [4.69, 9.17) is 4.98 Å². The van der Waals surface area contributed by atoms with Crippen LogP contribution in [-0.4, -0.2) is 9.38 Å². The van der Waals surface area contributed by atoms with Gasteiger partial charge < -0.3 is 4.40 Å². The van der Waals surface area contributed by atoms with E-state index in [0.717, 1.165) is 24.8 Å². The highest BCUT2D eigenvalue weighted by atomic mass is 15.0. The van der Waals surface area contributed by atoms with Crippen LogP contribution in [0.4, 0.5) is 0 Å². The van der Waals surface area contributed by atoms with Gasteiger partial charge in [-0.25, -0.2) is 4.57 Å². The molecule has 3 heterocycles. The van der Waals surface area contributed by atoms with E-state index < -0.39 is 0 Å². The average Bonchev–Trinajstić information content (AvgIpc) is 3.24. The fraction of sp³-hybridized carbons (Fsp3) is 0.415. The summed E-state index contributed by atoms with van der Waals surface area (Å²) in [7, 11) is 2.18. The van der Waals surface area contributed by atoms with E-state index in [0.29, 0.717) is 0 Å². The molecule has 0 amide bonds. The standard InChI is InChI=1S/C41H48N3/c1-24-29-19-25(20-39(2,3)4)15-16-27(29)30(22-41(8,9)10)37-33(24)38-35-31(42-23-43(38)11)18-17-28-34-26(21-40(5,6)7)13-12-14-32(34)44(37)36(28)35/h12-19,23H,20-22H2,1-11H3/q+1. The number of hydrogen-bond donors (Lipinski definition) is 0. The lowest BCUT2D eigenvalue weighted by Crippen LogP contribution is -2.30. The number of fused-ring (bicyclic) bond motifs is 7. The van der Waals surface area contributed by atoms with Crippen LogP contribution in [0.15, 0.2) is 54.9 Å². The summed E-state index contributed by atoms with van der Waals surface area (Å²) in [5.41, 5.74) is 12.5. The van der Waals surface area contributed by atoms with Crippen molar-refractivity contribution in [2.75, 3.05) is 0 Å². The van der Waals surface area contributed by atoms with E-state index >= 15 is 0 Å². The molecule has 0 aliphatic rings. The molecule has 3 heteroatoms. The summed E-state index contributed by atoms with van der Waals surface area (Å²) >= 11 is 0. The molecule has 0 atom stereocenters. The number of hydrogen-bond acceptors (Lipinski definition) is 1. The minimum Gasteiger partial charge on any atom is -0.307 e. The molecule has 0 aliphatic heterocycles. The van der Waals surface area contributed by atoms with Crippen LogP contribution >= 0.6 is 0 Å². The van der Waals surface area contributed by atoms with E-state index in [-0.39, 0.29) is 16.2 Å². The molecule has 0 saturated heterocycles. The normalized spacial score (nSPS) is 13.6. The second-order valence-corrected chi connectivity index (χ2v) is 17.1. The van der Waals surface area contributed by atoms with Crippen LogP contribution in [0.25, 0.3) is 59.9 Å². The van der Waals surface area contributed by atoms with Gasteiger partial charge in [-0.1, -0.05) is 92.6 Å². The second-order valence-electron chi connectivity index (χ2n) is 17.1. The predicted molar refractivity (Wildman–Crippen MR) is 189 cm³/mol. The van der Waals surface area contributed by atoms with Crippen LogP contribution in [0.3, 0.4) is 0 Å². The first-order chi connectivity index (χ1) is 20.5. The maximum absolute atomic E-state index is 4.97. The van der Waals surface area contributed by atoms with Gasteiger partial charge in [0.15, 0.2) is 5.52 Å². The Hall–Kier alpha value is -3.72. The summed E-state index contributed by atoms with van der Waals surface area (Å²) in [4.78, 5) is 4.97. The summed E-state index contributed by atoms with van der Waals surface area (Å²) < 4.78 is 4.91. The van der Waals surface area contributed by atoms with Crippen molar-refractivity contribution in [1.82, 2.24) is 9.38 Å². The Labute approximate surface area is 262 Å². The van der Waals surface area contributed by atoms with Crippen molar-refractivity contribution in [1.29, 1.82) is 0 Å². The zero-order chi connectivity index (χ0) is 31.5. The average molecular weight is 583 g/mol. The Morgan fingerprint density at radius 1 is 0.682 bits per heavy atom. The number of pyridine rings is 1. The molecule has 3 aromatic heterocycles. The molecular weight excluding hydrogens is 534 g/mol. The van der Waals surface area contributed by atoms with Crippen molar-refractivity contribution < 1.29 is 4.57 Å². The van der Waals surface area contributed by atoms with Gasteiger partial charge in [0.1, 0.15) is 5.52 Å². The van der Waals surface area contributed by atoms with E-state index in [1.54, 1.807) is 0 Å². The van der Waals surface area contributed by atoms with Gasteiger partial charge in [-0.15, -0.1) is 0 Å². The fourth-order valence-corrected chi connectivity index (χ4v) is 7.92. The lowest BCUT2D eigenvalue weighted by molar-refractivity contribution is -0.646. The molecule has 3 nitrogen and oxygen atoms in total. The number of benzene rings is 4. The number of aromatic nitrogens is 3. The summed E-state index contributed by atoms with van der Waals surface area (Å²) in [5, 5.41) is 8.14. The molecule has 7 aromatic rings. The number of rotatable bonds is 3. The summed E-state index contributed by atoms with van der Waals surface area (Å²) in [6.45, 7) is 23.6. The second kappa shape index (κ2) is 9.39. The monoisotopic (exact) mass is 582 g/mol.